The average Bonchev–Trinajstić information content (AvgIpc) is 3.69. The lowest BCUT2D eigenvalue weighted by atomic mass is 9.91. The lowest BCUT2D eigenvalue weighted by molar-refractivity contribution is 0.620. The predicted octanol–water partition coefficient (Wildman–Crippen LogP) is 11.7. The van der Waals surface area contributed by atoms with Crippen molar-refractivity contribution in [2.24, 2.45) is 0 Å². The van der Waals surface area contributed by atoms with Crippen molar-refractivity contribution < 1.29 is 4.42 Å². The summed E-state index contributed by atoms with van der Waals surface area (Å²) in [5, 5.41) is 3.29. The zero-order valence-corrected chi connectivity index (χ0v) is 28.4. The van der Waals surface area contributed by atoms with Gasteiger partial charge in [0.05, 0.1) is 11.2 Å². The minimum atomic E-state index is 0.571. The van der Waals surface area contributed by atoms with Gasteiger partial charge in [-0.2, -0.15) is 0 Å². The van der Waals surface area contributed by atoms with Gasteiger partial charge in [-0.3, -0.25) is 0 Å². The molecule has 10 rings (SSSR count). The van der Waals surface area contributed by atoms with Gasteiger partial charge in [-0.05, 0) is 41.3 Å². The Kier molecular flexibility index (Phi) is 7.36. The van der Waals surface area contributed by atoms with E-state index in [1.807, 2.05) is 109 Å². The van der Waals surface area contributed by atoms with Gasteiger partial charge in [0, 0.05) is 44.2 Å². The van der Waals surface area contributed by atoms with E-state index in [0.29, 0.717) is 28.9 Å². The summed E-state index contributed by atoms with van der Waals surface area (Å²) in [4.78, 5) is 25.5. The van der Waals surface area contributed by atoms with Crippen molar-refractivity contribution in [2.45, 2.75) is 0 Å². The molecular weight excluding hydrogens is 651 g/mol. The molecule has 0 atom stereocenters. The fourth-order valence-corrected chi connectivity index (χ4v) is 7.03. The van der Waals surface area contributed by atoms with Gasteiger partial charge in [-0.15, -0.1) is 0 Å². The van der Waals surface area contributed by atoms with Gasteiger partial charge < -0.3 is 4.42 Å². The number of hydrogen-bond donors (Lipinski definition) is 0. The molecule has 248 valence electrons. The van der Waals surface area contributed by atoms with Crippen LogP contribution in [0.15, 0.2) is 180 Å². The Labute approximate surface area is 305 Å². The Morgan fingerprint density at radius 3 is 1.58 bits per heavy atom. The molecule has 53 heavy (non-hydrogen) atoms. The number of pyridine rings is 1. The summed E-state index contributed by atoms with van der Waals surface area (Å²) < 4.78 is 6.34. The van der Waals surface area contributed by atoms with Crippen LogP contribution in [0.2, 0.25) is 0 Å². The molecule has 0 fully saturated rings. The lowest BCUT2D eigenvalue weighted by Gasteiger charge is -2.16. The largest absolute Gasteiger partial charge is 0.436 e. The Hall–Kier alpha value is -7.31. The molecule has 10 aromatic rings. The van der Waals surface area contributed by atoms with Gasteiger partial charge >= 0.3 is 0 Å². The monoisotopic (exact) mass is 679 g/mol. The fraction of sp³-hybridized carbons (Fsp3) is 0. The van der Waals surface area contributed by atoms with Gasteiger partial charge in [0.25, 0.3) is 0 Å². The summed E-state index contributed by atoms with van der Waals surface area (Å²) in [7, 11) is 0. The van der Waals surface area contributed by atoms with Gasteiger partial charge in [0.15, 0.2) is 23.1 Å². The Bertz CT molecular complexity index is 2880. The maximum Gasteiger partial charge on any atom is 0.227 e. The van der Waals surface area contributed by atoms with Crippen molar-refractivity contribution in [3.63, 3.8) is 0 Å². The van der Waals surface area contributed by atoms with Crippen molar-refractivity contribution in [3.05, 3.63) is 176 Å². The van der Waals surface area contributed by atoms with Crippen LogP contribution >= 0.6 is 0 Å². The standard InChI is InChI=1S/C47H29N5O/c1-4-15-30(16-5-1)44-50-45(31-17-6-2-7-18-31)52-46(51-44)33-27-28-35(38-24-14-26-41-43(38)49-47(53-41)32-19-8-3-9-20-32)39(29-33)42-37-23-11-10-21-34(37)36-22-12-13-25-40(36)48-42/h1-29H. The fourth-order valence-electron chi connectivity index (χ4n) is 7.03. The molecule has 3 heterocycles. The highest BCUT2D eigenvalue weighted by Crippen LogP contribution is 2.42. The predicted molar refractivity (Wildman–Crippen MR) is 213 cm³/mol. The van der Waals surface area contributed by atoms with E-state index in [1.165, 1.54) is 0 Å². The molecule has 6 heteroatoms. The van der Waals surface area contributed by atoms with E-state index in [2.05, 4.69) is 66.7 Å². The van der Waals surface area contributed by atoms with Crippen LogP contribution in [0.25, 0.3) is 101 Å². The van der Waals surface area contributed by atoms with Crippen LogP contribution in [0.3, 0.4) is 0 Å². The molecule has 0 bridgehead atoms. The second kappa shape index (κ2) is 12.8. The van der Waals surface area contributed by atoms with Crippen LogP contribution in [0.1, 0.15) is 0 Å². The number of aromatic nitrogens is 5. The van der Waals surface area contributed by atoms with Gasteiger partial charge in [0.2, 0.25) is 5.89 Å². The molecule has 0 saturated carbocycles. The van der Waals surface area contributed by atoms with E-state index in [1.54, 1.807) is 0 Å². The Morgan fingerprint density at radius 2 is 0.906 bits per heavy atom. The highest BCUT2D eigenvalue weighted by atomic mass is 16.3. The first-order valence-electron chi connectivity index (χ1n) is 17.5. The number of rotatable bonds is 6. The van der Waals surface area contributed by atoms with E-state index in [-0.39, 0.29) is 0 Å². The van der Waals surface area contributed by atoms with Crippen molar-refractivity contribution in [1.82, 2.24) is 24.9 Å². The maximum absolute atomic E-state index is 6.34. The second-order valence-electron chi connectivity index (χ2n) is 12.9. The Balaban J connectivity index is 1.25. The summed E-state index contributed by atoms with van der Waals surface area (Å²) in [5.41, 5.74) is 9.72. The summed E-state index contributed by atoms with van der Waals surface area (Å²) >= 11 is 0. The molecule has 0 aliphatic heterocycles. The quantitative estimate of drug-likeness (QED) is 0.163. The van der Waals surface area contributed by atoms with E-state index < -0.39 is 0 Å². The van der Waals surface area contributed by atoms with E-state index in [4.69, 9.17) is 29.3 Å². The molecule has 7 aromatic carbocycles. The molecule has 3 aromatic heterocycles. The minimum Gasteiger partial charge on any atom is -0.436 e. The number of para-hydroxylation sites is 2. The van der Waals surface area contributed by atoms with Crippen LogP contribution in [0.4, 0.5) is 0 Å². The van der Waals surface area contributed by atoms with Crippen molar-refractivity contribution in [3.8, 4) is 68.0 Å². The highest BCUT2D eigenvalue weighted by molar-refractivity contribution is 6.12. The number of oxazole rings is 1. The molecule has 0 aliphatic rings. The number of hydrogen-bond acceptors (Lipinski definition) is 6. The molecule has 6 nitrogen and oxygen atoms in total. The first-order valence-corrected chi connectivity index (χ1v) is 17.5. The third-order valence-electron chi connectivity index (χ3n) is 9.57. The molecular formula is C47H29N5O. The summed E-state index contributed by atoms with van der Waals surface area (Å²) in [6, 6.07) is 59.3. The van der Waals surface area contributed by atoms with E-state index in [0.717, 1.165) is 71.8 Å². The molecule has 0 amide bonds. The van der Waals surface area contributed by atoms with E-state index >= 15 is 0 Å². The molecule has 0 radical (unpaired) electrons. The van der Waals surface area contributed by atoms with Crippen LogP contribution in [0, 0.1) is 0 Å². The zero-order chi connectivity index (χ0) is 35.1. The highest BCUT2D eigenvalue weighted by Gasteiger charge is 2.21. The first kappa shape index (κ1) is 30.5. The maximum atomic E-state index is 6.34. The van der Waals surface area contributed by atoms with Crippen LogP contribution in [-0.4, -0.2) is 24.9 Å². The molecule has 0 aliphatic carbocycles. The lowest BCUT2D eigenvalue weighted by Crippen LogP contribution is -2.01. The zero-order valence-electron chi connectivity index (χ0n) is 28.4. The van der Waals surface area contributed by atoms with Gasteiger partial charge in [0.1, 0.15) is 5.52 Å². The third-order valence-corrected chi connectivity index (χ3v) is 9.57. The van der Waals surface area contributed by atoms with Crippen molar-refractivity contribution in [1.29, 1.82) is 0 Å². The number of fused-ring (bicyclic) bond motifs is 4. The Morgan fingerprint density at radius 1 is 0.340 bits per heavy atom. The first-order chi connectivity index (χ1) is 26.3. The molecule has 0 saturated heterocycles. The van der Waals surface area contributed by atoms with Crippen molar-refractivity contribution >= 4 is 32.8 Å². The van der Waals surface area contributed by atoms with Crippen molar-refractivity contribution in [2.75, 3.05) is 0 Å². The second-order valence-corrected chi connectivity index (χ2v) is 12.9. The molecule has 0 N–H and O–H groups in total. The summed E-state index contributed by atoms with van der Waals surface area (Å²) in [6.07, 6.45) is 0. The smallest absolute Gasteiger partial charge is 0.227 e. The van der Waals surface area contributed by atoms with Crippen LogP contribution in [0.5, 0.6) is 0 Å². The average molecular weight is 680 g/mol. The van der Waals surface area contributed by atoms with Gasteiger partial charge in [-0.25, -0.2) is 24.9 Å². The molecule has 0 unspecified atom stereocenters. The van der Waals surface area contributed by atoms with Crippen LogP contribution < -0.4 is 0 Å². The minimum absolute atomic E-state index is 0.571. The summed E-state index contributed by atoms with van der Waals surface area (Å²) in [6.45, 7) is 0. The number of benzene rings is 7. The SMILES string of the molecule is c1ccc(-c2nc(-c3ccccc3)nc(-c3ccc(-c4cccc5oc(-c6ccccc6)nc45)c(-c4nc5ccccc5c5ccccc45)c3)n2)cc1. The van der Waals surface area contributed by atoms with Crippen LogP contribution in [-0.2, 0) is 0 Å². The normalized spacial score (nSPS) is 11.4. The summed E-state index contributed by atoms with van der Waals surface area (Å²) in [5.74, 6) is 2.36. The topological polar surface area (TPSA) is 77.6 Å². The molecule has 0 spiro atoms. The number of nitrogens with zero attached hydrogens (tertiary/aromatic N) is 5. The van der Waals surface area contributed by atoms with E-state index in [9.17, 15) is 0 Å². The van der Waals surface area contributed by atoms with Gasteiger partial charge in [-0.1, -0.05) is 146 Å². The third kappa shape index (κ3) is 5.50.